The minimum absolute atomic E-state index is 0.154. The molecule has 2 aromatic rings. The second-order valence-electron chi connectivity index (χ2n) is 5.81. The third kappa shape index (κ3) is 3.70. The second-order valence-corrected chi connectivity index (χ2v) is 6.65. The minimum Gasteiger partial charge on any atom is -0.493 e. The molecule has 2 N–H and O–H groups in total. The van der Waals surface area contributed by atoms with E-state index in [-0.39, 0.29) is 24.0 Å². The molecule has 1 aromatic carbocycles. The van der Waals surface area contributed by atoms with Gasteiger partial charge in [-0.25, -0.2) is 0 Å². The van der Waals surface area contributed by atoms with Crippen LogP contribution in [-0.2, 0) is 4.79 Å². The number of amides is 1. The van der Waals surface area contributed by atoms with Crippen LogP contribution in [0.2, 0.25) is 10.0 Å². The number of likely N-dealkylation sites (N-methyl/N-ethyl adjacent to an activating group) is 1. The molecule has 1 aliphatic heterocycles. The molecule has 0 aliphatic carbocycles. The van der Waals surface area contributed by atoms with Crippen LogP contribution in [0.3, 0.4) is 0 Å². The molecule has 9 heteroatoms. The zero-order valence-electron chi connectivity index (χ0n) is 13.1. The van der Waals surface area contributed by atoms with Crippen molar-refractivity contribution in [1.29, 1.82) is 0 Å². The Labute approximate surface area is 148 Å². The van der Waals surface area contributed by atoms with Gasteiger partial charge < -0.3 is 15.0 Å². The lowest BCUT2D eigenvalue weighted by Crippen LogP contribution is -2.46. The van der Waals surface area contributed by atoms with Gasteiger partial charge in [0.15, 0.2) is 5.69 Å². The fraction of sp³-hybridized carbons (Fsp3) is 0.400. The smallest absolute Gasteiger partial charge is 0.278 e. The zero-order chi connectivity index (χ0) is 17.3. The number of hydrogen-bond acceptors (Lipinski definition) is 5. The number of fused-ring (bicyclic) bond motifs is 1. The van der Waals surface area contributed by atoms with Gasteiger partial charge in [0.1, 0.15) is 0 Å². The highest BCUT2D eigenvalue weighted by molar-refractivity contribution is 6.38. The Kier molecular flexibility index (Phi) is 5.05. The third-order valence-corrected chi connectivity index (χ3v) is 4.51. The van der Waals surface area contributed by atoms with E-state index in [1.54, 1.807) is 12.1 Å². The number of hydrogen-bond donors (Lipinski definition) is 2. The molecule has 2 heterocycles. The lowest BCUT2D eigenvalue weighted by atomic mass is 10.2. The molecule has 0 bridgehead atoms. The third-order valence-electron chi connectivity index (χ3n) is 3.99. The maximum Gasteiger partial charge on any atom is 0.278 e. The highest BCUT2D eigenvalue weighted by atomic mass is 35.5. The molecule has 1 saturated heterocycles. The first-order chi connectivity index (χ1) is 11.4. The summed E-state index contributed by atoms with van der Waals surface area (Å²) in [5.74, 6) is -0.563. The Bertz CT molecular complexity index is 797. The summed E-state index contributed by atoms with van der Waals surface area (Å²) < 4.78 is 0. The maximum atomic E-state index is 12.0. The molecule has 1 fully saturated rings. The number of H-pyrrole nitrogens is 1. The number of carbonyl (C=O) groups is 1. The van der Waals surface area contributed by atoms with Crippen LogP contribution in [0.4, 0.5) is 5.69 Å². The normalized spacial score (nSPS) is 17.1. The predicted molar refractivity (Wildman–Crippen MR) is 93.4 cm³/mol. The Morgan fingerprint density at radius 2 is 2.00 bits per heavy atom. The lowest BCUT2D eigenvalue weighted by Gasteiger charge is -2.31. The van der Waals surface area contributed by atoms with Crippen molar-refractivity contribution in [3.05, 3.63) is 22.2 Å². The van der Waals surface area contributed by atoms with Gasteiger partial charge in [0.05, 0.1) is 17.1 Å². The number of benzene rings is 1. The lowest BCUT2D eigenvalue weighted by molar-refractivity contribution is -0.119. The number of nitrogens with zero attached hydrogens (tertiary/aromatic N) is 4. The minimum atomic E-state index is -0.360. The summed E-state index contributed by atoms with van der Waals surface area (Å²) in [6, 6.07) is 3.17. The van der Waals surface area contributed by atoms with Gasteiger partial charge in [0.25, 0.3) is 5.91 Å². The molecule has 1 aromatic heterocycles. The van der Waals surface area contributed by atoms with Gasteiger partial charge in [-0.3, -0.25) is 9.69 Å². The number of azo groups is 1. The van der Waals surface area contributed by atoms with Gasteiger partial charge in [0.2, 0.25) is 5.88 Å². The summed E-state index contributed by atoms with van der Waals surface area (Å²) in [6.45, 7) is 3.69. The van der Waals surface area contributed by atoms with Gasteiger partial charge >= 0.3 is 0 Å². The predicted octanol–water partition coefficient (Wildman–Crippen LogP) is 3.04. The zero-order valence-corrected chi connectivity index (χ0v) is 14.6. The molecule has 0 spiro atoms. The fourth-order valence-corrected chi connectivity index (χ4v) is 3.17. The number of aromatic nitrogens is 1. The largest absolute Gasteiger partial charge is 0.493 e. The number of carbonyl (C=O) groups excluding carboxylic acids is 1. The van der Waals surface area contributed by atoms with E-state index >= 15 is 0 Å². The number of piperazine rings is 1. The average Bonchev–Trinajstić information content (AvgIpc) is 2.84. The van der Waals surface area contributed by atoms with Crippen LogP contribution in [0, 0.1) is 0 Å². The molecular weight excluding hydrogens is 353 g/mol. The Hall–Kier alpha value is -1.67. The van der Waals surface area contributed by atoms with E-state index < -0.39 is 0 Å². The van der Waals surface area contributed by atoms with Crippen molar-refractivity contribution in [3.63, 3.8) is 0 Å². The number of halogens is 2. The standard InChI is InChI=1S/C15H17Cl2N5O2/c1-21-2-4-22(5-3-21)8-12(23)19-20-14-10-6-9(16)7-11(17)13(10)18-15(14)24/h6-7,18,24H,2-5,8H2,1H3. The molecule has 0 unspecified atom stereocenters. The van der Waals surface area contributed by atoms with Gasteiger partial charge in [-0.1, -0.05) is 23.2 Å². The summed E-state index contributed by atoms with van der Waals surface area (Å²) in [4.78, 5) is 19.0. The summed E-state index contributed by atoms with van der Waals surface area (Å²) in [6.07, 6.45) is 0. The highest BCUT2D eigenvalue weighted by Gasteiger charge is 2.17. The average molecular weight is 370 g/mol. The first-order valence-corrected chi connectivity index (χ1v) is 8.25. The summed E-state index contributed by atoms with van der Waals surface area (Å²) >= 11 is 12.1. The molecule has 7 nitrogen and oxygen atoms in total. The first kappa shape index (κ1) is 17.2. The molecule has 128 valence electrons. The van der Waals surface area contributed by atoms with Crippen LogP contribution in [0.5, 0.6) is 5.88 Å². The van der Waals surface area contributed by atoms with Gasteiger partial charge in [0, 0.05) is 36.6 Å². The van der Waals surface area contributed by atoms with E-state index in [4.69, 9.17) is 23.2 Å². The van der Waals surface area contributed by atoms with Gasteiger partial charge in [-0.15, -0.1) is 10.2 Å². The Morgan fingerprint density at radius 3 is 2.71 bits per heavy atom. The van der Waals surface area contributed by atoms with Crippen LogP contribution >= 0.6 is 23.2 Å². The van der Waals surface area contributed by atoms with Crippen LogP contribution in [0.25, 0.3) is 10.9 Å². The molecular formula is C15H17Cl2N5O2. The van der Waals surface area contributed by atoms with Crippen molar-refractivity contribution in [2.75, 3.05) is 39.8 Å². The molecule has 0 saturated carbocycles. The van der Waals surface area contributed by atoms with Crippen LogP contribution < -0.4 is 0 Å². The van der Waals surface area contributed by atoms with E-state index in [1.807, 2.05) is 4.90 Å². The number of aromatic hydroxyl groups is 1. The van der Waals surface area contributed by atoms with E-state index in [9.17, 15) is 9.90 Å². The molecule has 3 rings (SSSR count). The summed E-state index contributed by atoms with van der Waals surface area (Å²) in [5, 5.41) is 18.9. The van der Waals surface area contributed by atoms with Crippen LogP contribution in [-0.4, -0.2) is 65.6 Å². The fourth-order valence-electron chi connectivity index (χ4n) is 2.63. The molecule has 24 heavy (non-hydrogen) atoms. The Balaban J connectivity index is 1.75. The molecule has 1 aliphatic rings. The SMILES string of the molecule is CN1CCN(CC(=O)N=Nc2c(O)[nH]c3c(Cl)cc(Cl)cc23)CC1. The summed E-state index contributed by atoms with van der Waals surface area (Å²) in [7, 11) is 2.05. The van der Waals surface area contributed by atoms with E-state index in [2.05, 4.69) is 27.2 Å². The van der Waals surface area contributed by atoms with Crippen molar-refractivity contribution in [2.24, 2.45) is 10.2 Å². The monoisotopic (exact) mass is 369 g/mol. The molecule has 1 amide bonds. The van der Waals surface area contributed by atoms with Gasteiger partial charge in [-0.05, 0) is 19.2 Å². The molecule has 0 atom stereocenters. The van der Waals surface area contributed by atoms with E-state index in [1.165, 1.54) is 0 Å². The van der Waals surface area contributed by atoms with Crippen LogP contribution in [0.1, 0.15) is 0 Å². The Morgan fingerprint density at radius 1 is 1.29 bits per heavy atom. The highest BCUT2D eigenvalue weighted by Crippen LogP contribution is 2.40. The topological polar surface area (TPSA) is 84.3 Å². The van der Waals surface area contributed by atoms with Crippen molar-refractivity contribution in [3.8, 4) is 5.88 Å². The quantitative estimate of drug-likeness (QED) is 0.814. The van der Waals surface area contributed by atoms with Crippen molar-refractivity contribution >= 4 is 45.7 Å². The molecule has 0 radical (unpaired) electrons. The van der Waals surface area contributed by atoms with E-state index in [0.717, 1.165) is 26.2 Å². The maximum absolute atomic E-state index is 12.0. The van der Waals surface area contributed by atoms with Crippen molar-refractivity contribution in [2.45, 2.75) is 0 Å². The second kappa shape index (κ2) is 7.06. The van der Waals surface area contributed by atoms with E-state index in [0.29, 0.717) is 20.9 Å². The number of aromatic amines is 1. The number of nitrogens with one attached hydrogen (secondary N) is 1. The van der Waals surface area contributed by atoms with Gasteiger partial charge in [-0.2, -0.15) is 0 Å². The summed E-state index contributed by atoms with van der Waals surface area (Å²) in [5.41, 5.74) is 0.653. The van der Waals surface area contributed by atoms with Crippen LogP contribution in [0.15, 0.2) is 22.4 Å². The number of rotatable bonds is 3. The van der Waals surface area contributed by atoms with Crippen molar-refractivity contribution in [1.82, 2.24) is 14.8 Å². The first-order valence-electron chi connectivity index (χ1n) is 7.49. The van der Waals surface area contributed by atoms with Crippen molar-refractivity contribution < 1.29 is 9.90 Å².